The lowest BCUT2D eigenvalue weighted by atomic mass is 9.95. The van der Waals surface area contributed by atoms with Crippen molar-refractivity contribution >= 4 is 27.0 Å². The third-order valence-electron chi connectivity index (χ3n) is 5.11. The lowest BCUT2D eigenvalue weighted by Crippen LogP contribution is -2.13. The number of aryl methyl sites for hydroxylation is 1. The van der Waals surface area contributed by atoms with E-state index in [0.29, 0.717) is 12.3 Å². The molecule has 1 aromatic heterocycles. The average molecular weight is 406 g/mol. The SMILES string of the molecule is CCc1ccc(/C(=C\C2CCCC2)c2ccc(S(C)(=O)=O)c(Cl)c2)[nH]c1=O. The molecule has 1 aromatic carbocycles. The van der Waals surface area contributed by atoms with Crippen LogP contribution in [0.15, 0.2) is 46.1 Å². The van der Waals surface area contributed by atoms with Crippen molar-refractivity contribution in [2.75, 3.05) is 6.26 Å². The normalized spacial score (nSPS) is 16.0. The maximum absolute atomic E-state index is 12.3. The number of sulfone groups is 1. The first-order valence-corrected chi connectivity index (χ1v) is 11.5. The van der Waals surface area contributed by atoms with Gasteiger partial charge in [-0.1, -0.05) is 49.6 Å². The molecule has 1 N–H and O–H groups in total. The summed E-state index contributed by atoms with van der Waals surface area (Å²) in [6.45, 7) is 1.95. The predicted octanol–water partition coefficient (Wildman–Crippen LogP) is 4.62. The van der Waals surface area contributed by atoms with Gasteiger partial charge in [0.2, 0.25) is 0 Å². The van der Waals surface area contributed by atoms with Crippen molar-refractivity contribution in [1.29, 1.82) is 0 Å². The number of nitrogens with one attached hydrogen (secondary N) is 1. The number of halogens is 1. The fourth-order valence-electron chi connectivity index (χ4n) is 3.61. The van der Waals surface area contributed by atoms with Crippen molar-refractivity contribution in [3.05, 3.63) is 68.6 Å². The van der Waals surface area contributed by atoms with Gasteiger partial charge in [0.15, 0.2) is 9.84 Å². The van der Waals surface area contributed by atoms with Crippen LogP contribution in [0.5, 0.6) is 0 Å². The van der Waals surface area contributed by atoms with E-state index in [1.807, 2.05) is 19.1 Å². The Morgan fingerprint density at radius 2 is 1.93 bits per heavy atom. The highest BCUT2D eigenvalue weighted by atomic mass is 35.5. The minimum Gasteiger partial charge on any atom is -0.322 e. The Morgan fingerprint density at radius 3 is 2.48 bits per heavy atom. The number of allylic oxidation sites excluding steroid dienone is 1. The standard InChI is InChI=1S/C21H24ClNO3S/c1-3-15-8-10-19(23-21(15)24)17(12-14-6-4-5-7-14)16-9-11-20(18(22)13-16)27(2,25)26/h8-14H,3-7H2,1-2H3,(H,23,24)/b17-12-. The van der Waals surface area contributed by atoms with Crippen molar-refractivity contribution in [3.8, 4) is 0 Å². The Morgan fingerprint density at radius 1 is 1.22 bits per heavy atom. The molecule has 0 atom stereocenters. The van der Waals surface area contributed by atoms with Gasteiger partial charge in [-0.2, -0.15) is 0 Å². The number of H-pyrrole nitrogens is 1. The van der Waals surface area contributed by atoms with Gasteiger partial charge in [-0.15, -0.1) is 0 Å². The van der Waals surface area contributed by atoms with Crippen LogP contribution >= 0.6 is 11.6 Å². The molecular formula is C21H24ClNO3S. The van der Waals surface area contributed by atoms with Gasteiger partial charge in [-0.3, -0.25) is 4.79 Å². The minimum atomic E-state index is -3.39. The van der Waals surface area contributed by atoms with Gasteiger partial charge >= 0.3 is 0 Å². The summed E-state index contributed by atoms with van der Waals surface area (Å²) >= 11 is 6.26. The van der Waals surface area contributed by atoms with Crippen LogP contribution in [0.4, 0.5) is 0 Å². The zero-order valence-electron chi connectivity index (χ0n) is 15.6. The topological polar surface area (TPSA) is 67.0 Å². The first-order chi connectivity index (χ1) is 12.8. The van der Waals surface area contributed by atoms with Gasteiger partial charge in [0.05, 0.1) is 9.92 Å². The van der Waals surface area contributed by atoms with Crippen LogP contribution in [-0.2, 0) is 16.3 Å². The molecule has 0 radical (unpaired) electrons. The van der Waals surface area contributed by atoms with Crippen LogP contribution in [0.3, 0.4) is 0 Å². The molecule has 2 aromatic rings. The van der Waals surface area contributed by atoms with Gasteiger partial charge in [0, 0.05) is 23.1 Å². The fraction of sp³-hybridized carbons (Fsp3) is 0.381. The van der Waals surface area contributed by atoms with E-state index >= 15 is 0 Å². The lowest BCUT2D eigenvalue weighted by molar-refractivity contribution is 0.602. The van der Waals surface area contributed by atoms with Gasteiger partial charge in [0.1, 0.15) is 0 Å². The van der Waals surface area contributed by atoms with Crippen molar-refractivity contribution < 1.29 is 8.42 Å². The molecule has 1 heterocycles. The summed E-state index contributed by atoms with van der Waals surface area (Å²) < 4.78 is 23.7. The third-order valence-corrected chi connectivity index (χ3v) is 6.69. The molecule has 0 unspecified atom stereocenters. The molecule has 27 heavy (non-hydrogen) atoms. The molecule has 1 fully saturated rings. The fourth-order valence-corrected chi connectivity index (χ4v) is 4.94. The molecule has 4 nitrogen and oxygen atoms in total. The highest BCUT2D eigenvalue weighted by Crippen LogP contribution is 2.33. The van der Waals surface area contributed by atoms with E-state index in [4.69, 9.17) is 11.6 Å². The summed E-state index contributed by atoms with van der Waals surface area (Å²) in [4.78, 5) is 15.4. The lowest BCUT2D eigenvalue weighted by Gasteiger charge is -2.14. The van der Waals surface area contributed by atoms with Gasteiger partial charge < -0.3 is 4.98 Å². The van der Waals surface area contributed by atoms with Crippen LogP contribution in [0.1, 0.15) is 49.4 Å². The van der Waals surface area contributed by atoms with Crippen molar-refractivity contribution in [2.24, 2.45) is 5.92 Å². The Hall–Kier alpha value is -1.85. The second-order valence-electron chi connectivity index (χ2n) is 7.12. The quantitative estimate of drug-likeness (QED) is 0.789. The van der Waals surface area contributed by atoms with E-state index in [0.717, 1.165) is 41.5 Å². The molecule has 144 valence electrons. The molecule has 6 heteroatoms. The Labute approximate surface area is 165 Å². The van der Waals surface area contributed by atoms with E-state index in [9.17, 15) is 13.2 Å². The number of hydrogen-bond donors (Lipinski definition) is 1. The highest BCUT2D eigenvalue weighted by molar-refractivity contribution is 7.90. The Bertz CT molecular complexity index is 1030. The van der Waals surface area contributed by atoms with Crippen LogP contribution < -0.4 is 5.56 Å². The zero-order chi connectivity index (χ0) is 19.6. The monoisotopic (exact) mass is 405 g/mol. The van der Waals surface area contributed by atoms with Crippen LogP contribution in [-0.4, -0.2) is 19.7 Å². The summed E-state index contributed by atoms with van der Waals surface area (Å²) in [6.07, 6.45) is 8.65. The van der Waals surface area contributed by atoms with E-state index < -0.39 is 9.84 Å². The van der Waals surface area contributed by atoms with Crippen molar-refractivity contribution in [2.45, 2.75) is 43.9 Å². The van der Waals surface area contributed by atoms with Gasteiger partial charge in [0.25, 0.3) is 5.56 Å². The number of rotatable bonds is 5. The summed E-state index contributed by atoms with van der Waals surface area (Å²) in [6, 6.07) is 8.73. The minimum absolute atomic E-state index is 0.0915. The van der Waals surface area contributed by atoms with Crippen LogP contribution in [0, 0.1) is 5.92 Å². The summed E-state index contributed by atoms with van der Waals surface area (Å²) in [5, 5.41) is 0.194. The third kappa shape index (κ3) is 4.53. The van der Waals surface area contributed by atoms with E-state index in [1.165, 1.54) is 18.9 Å². The average Bonchev–Trinajstić information content (AvgIpc) is 3.11. The number of aromatic nitrogens is 1. The van der Waals surface area contributed by atoms with Gasteiger partial charge in [-0.05, 0) is 48.9 Å². The van der Waals surface area contributed by atoms with Crippen LogP contribution in [0.25, 0.3) is 5.57 Å². The summed E-state index contributed by atoms with van der Waals surface area (Å²) in [7, 11) is -3.39. The molecule has 1 saturated carbocycles. The largest absolute Gasteiger partial charge is 0.322 e. The maximum atomic E-state index is 12.3. The number of pyridine rings is 1. The smallest absolute Gasteiger partial charge is 0.251 e. The van der Waals surface area contributed by atoms with E-state index in [-0.39, 0.29) is 15.5 Å². The van der Waals surface area contributed by atoms with Crippen molar-refractivity contribution in [3.63, 3.8) is 0 Å². The second-order valence-corrected chi connectivity index (χ2v) is 9.51. The molecule has 3 rings (SSSR count). The van der Waals surface area contributed by atoms with E-state index in [1.54, 1.807) is 12.1 Å². The summed E-state index contributed by atoms with van der Waals surface area (Å²) in [5.74, 6) is 0.447. The Balaban J connectivity index is 2.12. The Kier molecular flexibility index (Phi) is 5.92. The second kappa shape index (κ2) is 8.03. The van der Waals surface area contributed by atoms with E-state index in [2.05, 4.69) is 11.1 Å². The predicted molar refractivity (Wildman–Crippen MR) is 110 cm³/mol. The number of aromatic amines is 1. The molecule has 0 aliphatic heterocycles. The molecule has 1 aliphatic rings. The van der Waals surface area contributed by atoms with Crippen molar-refractivity contribution in [1.82, 2.24) is 4.98 Å². The first-order valence-electron chi connectivity index (χ1n) is 9.24. The van der Waals surface area contributed by atoms with Crippen LogP contribution in [0.2, 0.25) is 5.02 Å². The number of hydrogen-bond acceptors (Lipinski definition) is 3. The molecule has 1 aliphatic carbocycles. The maximum Gasteiger partial charge on any atom is 0.251 e. The van der Waals surface area contributed by atoms with Gasteiger partial charge in [-0.25, -0.2) is 8.42 Å². The molecular weight excluding hydrogens is 382 g/mol. The zero-order valence-corrected chi connectivity index (χ0v) is 17.2. The molecule has 0 amide bonds. The molecule has 0 saturated heterocycles. The molecule has 0 spiro atoms. The molecule has 0 bridgehead atoms. The summed E-state index contributed by atoms with van der Waals surface area (Å²) in [5.41, 5.74) is 3.07. The first kappa shape index (κ1) is 19.9. The highest BCUT2D eigenvalue weighted by Gasteiger charge is 2.18. The number of benzene rings is 1.